The van der Waals surface area contributed by atoms with Gasteiger partial charge in [-0.2, -0.15) is 5.10 Å². The van der Waals surface area contributed by atoms with Gasteiger partial charge in [-0.15, -0.1) is 0 Å². The third kappa shape index (κ3) is 3.92. The summed E-state index contributed by atoms with van der Waals surface area (Å²) in [6, 6.07) is 14.2. The molecule has 3 aromatic rings. The highest BCUT2D eigenvalue weighted by Gasteiger charge is 2.24. The number of carbonyl (C=O) groups is 2. The summed E-state index contributed by atoms with van der Waals surface area (Å²) < 4.78 is 1.80. The quantitative estimate of drug-likeness (QED) is 0.687. The molecule has 0 aliphatic heterocycles. The summed E-state index contributed by atoms with van der Waals surface area (Å²) >= 11 is 6.23. The maximum atomic E-state index is 12.5. The highest BCUT2D eigenvalue weighted by Crippen LogP contribution is 2.24. The summed E-state index contributed by atoms with van der Waals surface area (Å²) in [5, 5.41) is 10.3. The van der Waals surface area contributed by atoms with Gasteiger partial charge in [0.15, 0.2) is 0 Å². The number of carbonyl (C=O) groups excluding carboxylic acids is 2. The van der Waals surface area contributed by atoms with Crippen molar-refractivity contribution >= 4 is 29.1 Å². The van der Waals surface area contributed by atoms with E-state index in [4.69, 9.17) is 11.6 Å². The maximum Gasteiger partial charge on any atom is 0.255 e. The summed E-state index contributed by atoms with van der Waals surface area (Å²) in [6.45, 7) is 1.96. The lowest BCUT2D eigenvalue weighted by atomic mass is 10.1. The molecule has 0 bridgehead atoms. The Morgan fingerprint density at radius 3 is 2.43 bits per heavy atom. The van der Waals surface area contributed by atoms with Gasteiger partial charge in [0.05, 0.1) is 16.3 Å². The highest BCUT2D eigenvalue weighted by atomic mass is 35.5. The van der Waals surface area contributed by atoms with Crippen LogP contribution in [0.15, 0.2) is 54.7 Å². The van der Waals surface area contributed by atoms with E-state index < -0.39 is 0 Å². The summed E-state index contributed by atoms with van der Waals surface area (Å²) in [4.78, 5) is 24.6. The fourth-order valence-electron chi connectivity index (χ4n) is 2.86. The van der Waals surface area contributed by atoms with Crippen molar-refractivity contribution in [1.29, 1.82) is 0 Å². The van der Waals surface area contributed by atoms with E-state index in [0.717, 1.165) is 24.2 Å². The van der Waals surface area contributed by atoms with E-state index in [9.17, 15) is 9.59 Å². The van der Waals surface area contributed by atoms with Crippen LogP contribution in [0, 0.1) is 6.92 Å². The first kappa shape index (κ1) is 18.3. The van der Waals surface area contributed by atoms with E-state index in [0.29, 0.717) is 21.8 Å². The lowest BCUT2D eigenvalue weighted by Crippen LogP contribution is -2.25. The number of aryl methyl sites for hydroxylation is 1. The summed E-state index contributed by atoms with van der Waals surface area (Å²) in [5.74, 6) is -0.440. The number of hydrogen-bond acceptors (Lipinski definition) is 3. The molecule has 1 saturated carbocycles. The minimum absolute atomic E-state index is 0.185. The number of hydrogen-bond donors (Lipinski definition) is 2. The molecule has 7 heteroatoms. The van der Waals surface area contributed by atoms with Crippen LogP contribution in [0.3, 0.4) is 0 Å². The summed E-state index contributed by atoms with van der Waals surface area (Å²) in [6.07, 6.45) is 3.75. The first-order valence-corrected chi connectivity index (χ1v) is 9.42. The van der Waals surface area contributed by atoms with Gasteiger partial charge >= 0.3 is 0 Å². The zero-order valence-corrected chi connectivity index (χ0v) is 16.0. The Balaban J connectivity index is 1.45. The van der Waals surface area contributed by atoms with Crippen LogP contribution in [0.1, 0.15) is 39.3 Å². The van der Waals surface area contributed by atoms with Crippen molar-refractivity contribution in [3.63, 3.8) is 0 Å². The molecule has 0 unspecified atom stereocenters. The average Bonchev–Trinajstić information content (AvgIpc) is 3.39. The molecular weight excluding hydrogens is 376 g/mol. The van der Waals surface area contributed by atoms with Gasteiger partial charge < -0.3 is 10.6 Å². The second-order valence-corrected chi connectivity index (χ2v) is 7.23. The van der Waals surface area contributed by atoms with Crippen molar-refractivity contribution in [3.05, 3.63) is 76.6 Å². The number of nitrogens with one attached hydrogen (secondary N) is 2. The van der Waals surface area contributed by atoms with Crippen LogP contribution in [-0.2, 0) is 0 Å². The van der Waals surface area contributed by atoms with E-state index in [2.05, 4.69) is 15.7 Å². The lowest BCUT2D eigenvalue weighted by Gasteiger charge is -2.10. The molecule has 2 N–H and O–H groups in total. The molecule has 4 rings (SSSR count). The molecule has 28 heavy (non-hydrogen) atoms. The SMILES string of the molecule is Cc1ccnn1-c1ccc(C(=O)Nc2ccc(C(=O)NC3CC3)c(Cl)c2)cc1. The van der Waals surface area contributed by atoms with Crippen LogP contribution in [0.25, 0.3) is 5.69 Å². The Kier molecular flexibility index (Phi) is 4.88. The second-order valence-electron chi connectivity index (χ2n) is 6.83. The summed E-state index contributed by atoms with van der Waals surface area (Å²) in [5.41, 5.74) is 3.35. The number of halogens is 1. The van der Waals surface area contributed by atoms with E-state index in [-0.39, 0.29) is 17.9 Å². The number of nitrogens with zero attached hydrogens (tertiary/aromatic N) is 2. The number of amides is 2. The van der Waals surface area contributed by atoms with Crippen molar-refractivity contribution in [2.24, 2.45) is 0 Å². The maximum absolute atomic E-state index is 12.5. The molecule has 0 spiro atoms. The van der Waals surface area contributed by atoms with Gasteiger partial charge in [0.1, 0.15) is 0 Å². The van der Waals surface area contributed by atoms with Crippen LogP contribution in [0.4, 0.5) is 5.69 Å². The molecule has 0 saturated heterocycles. The van der Waals surface area contributed by atoms with Crippen LogP contribution in [-0.4, -0.2) is 27.6 Å². The molecule has 1 heterocycles. The number of benzene rings is 2. The van der Waals surface area contributed by atoms with E-state index in [1.165, 1.54) is 0 Å². The molecule has 2 aromatic carbocycles. The van der Waals surface area contributed by atoms with E-state index in [1.54, 1.807) is 41.2 Å². The van der Waals surface area contributed by atoms with Gasteiger partial charge in [0.2, 0.25) is 0 Å². The number of aromatic nitrogens is 2. The molecule has 1 aliphatic rings. The van der Waals surface area contributed by atoms with Crippen molar-refractivity contribution in [3.8, 4) is 5.69 Å². The molecule has 6 nitrogen and oxygen atoms in total. The third-order valence-electron chi connectivity index (χ3n) is 4.59. The van der Waals surface area contributed by atoms with E-state index in [1.807, 2.05) is 25.1 Å². The molecular formula is C21H19ClN4O2. The molecule has 1 aromatic heterocycles. The second kappa shape index (κ2) is 7.48. The van der Waals surface area contributed by atoms with Gasteiger partial charge in [-0.25, -0.2) is 4.68 Å². The van der Waals surface area contributed by atoms with Crippen molar-refractivity contribution in [2.75, 3.05) is 5.32 Å². The summed E-state index contributed by atoms with van der Waals surface area (Å²) in [7, 11) is 0. The normalized spacial score (nSPS) is 13.2. The minimum atomic E-state index is -0.255. The molecule has 2 amide bonds. The predicted octanol–water partition coefficient (Wildman–Crippen LogP) is 3.98. The van der Waals surface area contributed by atoms with Crippen LogP contribution < -0.4 is 10.6 Å². The Morgan fingerprint density at radius 1 is 1.07 bits per heavy atom. The van der Waals surface area contributed by atoms with Gasteiger partial charge in [-0.05, 0) is 68.3 Å². The molecule has 1 fully saturated rings. The Hall–Kier alpha value is -3.12. The van der Waals surface area contributed by atoms with Crippen LogP contribution >= 0.6 is 11.6 Å². The van der Waals surface area contributed by atoms with Gasteiger partial charge in [0, 0.05) is 29.2 Å². The fourth-order valence-corrected chi connectivity index (χ4v) is 3.13. The van der Waals surface area contributed by atoms with Crippen LogP contribution in [0.2, 0.25) is 5.02 Å². The first-order valence-electron chi connectivity index (χ1n) is 9.04. The Labute approximate surface area is 167 Å². The molecule has 142 valence electrons. The molecule has 1 aliphatic carbocycles. The largest absolute Gasteiger partial charge is 0.349 e. The van der Waals surface area contributed by atoms with Crippen LogP contribution in [0.5, 0.6) is 0 Å². The third-order valence-corrected chi connectivity index (χ3v) is 4.90. The minimum Gasteiger partial charge on any atom is -0.349 e. The number of rotatable bonds is 5. The average molecular weight is 395 g/mol. The van der Waals surface area contributed by atoms with Gasteiger partial charge in [0.25, 0.3) is 11.8 Å². The highest BCUT2D eigenvalue weighted by molar-refractivity contribution is 6.34. The monoisotopic (exact) mass is 394 g/mol. The van der Waals surface area contributed by atoms with Crippen molar-refractivity contribution in [1.82, 2.24) is 15.1 Å². The molecule has 0 atom stereocenters. The van der Waals surface area contributed by atoms with Crippen molar-refractivity contribution in [2.45, 2.75) is 25.8 Å². The van der Waals surface area contributed by atoms with Gasteiger partial charge in [-0.3, -0.25) is 9.59 Å². The fraction of sp³-hybridized carbons (Fsp3) is 0.190. The van der Waals surface area contributed by atoms with Gasteiger partial charge in [-0.1, -0.05) is 11.6 Å². The Bertz CT molecular complexity index is 1040. The topological polar surface area (TPSA) is 76.0 Å². The zero-order chi connectivity index (χ0) is 19.7. The van der Waals surface area contributed by atoms with Crippen molar-refractivity contribution < 1.29 is 9.59 Å². The lowest BCUT2D eigenvalue weighted by molar-refractivity contribution is 0.0950. The molecule has 0 radical (unpaired) electrons. The predicted molar refractivity (Wildman–Crippen MR) is 108 cm³/mol. The zero-order valence-electron chi connectivity index (χ0n) is 15.3. The first-order chi connectivity index (χ1) is 13.5. The number of anilines is 1. The smallest absolute Gasteiger partial charge is 0.255 e. The van der Waals surface area contributed by atoms with E-state index >= 15 is 0 Å². The standard InChI is InChI=1S/C21H19ClN4O2/c1-13-10-11-23-26(13)17-7-2-14(3-8-17)20(27)25-16-6-9-18(19(22)12-16)21(28)24-15-4-5-15/h2-3,6-12,15H,4-5H2,1H3,(H,24,28)(H,25,27). The Morgan fingerprint density at radius 2 is 1.82 bits per heavy atom.